The van der Waals surface area contributed by atoms with E-state index in [-0.39, 0.29) is 12.1 Å². The Morgan fingerprint density at radius 3 is 2.68 bits per heavy atom. The van der Waals surface area contributed by atoms with Gasteiger partial charge in [-0.3, -0.25) is 4.90 Å². The second-order valence-electron chi connectivity index (χ2n) is 6.75. The molecule has 2 rings (SSSR count). The zero-order valence-electron chi connectivity index (χ0n) is 13.6. The number of carbonyl (C=O) groups excluding carboxylic acids is 1. The summed E-state index contributed by atoms with van der Waals surface area (Å²) in [6.07, 6.45) is 1.51. The predicted molar refractivity (Wildman–Crippen MR) is 86.3 cm³/mol. The summed E-state index contributed by atoms with van der Waals surface area (Å²) in [6, 6.07) is 5.89. The minimum atomic E-state index is -0.455. The van der Waals surface area contributed by atoms with Gasteiger partial charge in [-0.1, -0.05) is 6.07 Å². The average molecular weight is 306 g/mol. The fourth-order valence-electron chi connectivity index (χ4n) is 2.52. The Morgan fingerprint density at radius 1 is 1.41 bits per heavy atom. The molecule has 6 nitrogen and oxygen atoms in total. The van der Waals surface area contributed by atoms with E-state index in [1.165, 1.54) is 0 Å². The first-order valence-corrected chi connectivity index (χ1v) is 7.75. The first kappa shape index (κ1) is 16.5. The van der Waals surface area contributed by atoms with Gasteiger partial charge in [0, 0.05) is 25.7 Å². The molecule has 1 aliphatic rings. The number of pyridine rings is 1. The van der Waals surface area contributed by atoms with Gasteiger partial charge in [0.1, 0.15) is 11.4 Å². The van der Waals surface area contributed by atoms with Crippen molar-refractivity contribution in [3.63, 3.8) is 0 Å². The van der Waals surface area contributed by atoms with Crippen LogP contribution in [-0.4, -0.2) is 40.7 Å². The molecule has 1 aromatic heterocycles. The van der Waals surface area contributed by atoms with Crippen LogP contribution in [-0.2, 0) is 11.3 Å². The van der Waals surface area contributed by atoms with Crippen molar-refractivity contribution in [3.05, 3.63) is 23.9 Å². The van der Waals surface area contributed by atoms with E-state index in [0.29, 0.717) is 5.82 Å². The largest absolute Gasteiger partial charge is 0.444 e. The van der Waals surface area contributed by atoms with Gasteiger partial charge in [-0.05, 0) is 45.7 Å². The van der Waals surface area contributed by atoms with E-state index >= 15 is 0 Å². The zero-order chi connectivity index (χ0) is 16.2. The van der Waals surface area contributed by atoms with Gasteiger partial charge in [0.2, 0.25) is 0 Å². The van der Waals surface area contributed by atoms with E-state index in [1.54, 1.807) is 6.07 Å². The van der Waals surface area contributed by atoms with Gasteiger partial charge in [0.15, 0.2) is 0 Å². The molecule has 0 aliphatic carbocycles. The van der Waals surface area contributed by atoms with Crippen LogP contribution in [0.3, 0.4) is 0 Å². The monoisotopic (exact) mass is 306 g/mol. The number of nitrogens with one attached hydrogen (secondary N) is 1. The number of piperidine rings is 1. The number of anilines is 1. The summed E-state index contributed by atoms with van der Waals surface area (Å²) < 4.78 is 5.29. The van der Waals surface area contributed by atoms with Crippen molar-refractivity contribution in [1.29, 1.82) is 0 Å². The van der Waals surface area contributed by atoms with Crippen molar-refractivity contribution in [2.24, 2.45) is 0 Å². The number of hydrogen-bond acceptors (Lipinski definition) is 5. The van der Waals surface area contributed by atoms with Crippen LogP contribution in [0.25, 0.3) is 0 Å². The van der Waals surface area contributed by atoms with Crippen LogP contribution in [0, 0.1) is 0 Å². The number of carbonyl (C=O) groups is 1. The molecule has 1 aliphatic heterocycles. The van der Waals surface area contributed by atoms with Crippen LogP contribution < -0.4 is 11.1 Å². The summed E-state index contributed by atoms with van der Waals surface area (Å²) in [5, 5.41) is 2.95. The summed E-state index contributed by atoms with van der Waals surface area (Å²) in [4.78, 5) is 18.4. The molecule has 0 aromatic carbocycles. The molecule has 6 heteroatoms. The Kier molecular flexibility index (Phi) is 5.24. The Labute approximate surface area is 132 Å². The van der Waals surface area contributed by atoms with Crippen LogP contribution >= 0.6 is 0 Å². The molecule has 0 atom stereocenters. The van der Waals surface area contributed by atoms with Gasteiger partial charge in [-0.2, -0.15) is 0 Å². The van der Waals surface area contributed by atoms with Gasteiger partial charge in [-0.25, -0.2) is 9.78 Å². The second kappa shape index (κ2) is 6.96. The molecule has 2 heterocycles. The van der Waals surface area contributed by atoms with E-state index in [2.05, 4.69) is 15.2 Å². The summed E-state index contributed by atoms with van der Waals surface area (Å²) >= 11 is 0. The van der Waals surface area contributed by atoms with Crippen LogP contribution in [0.5, 0.6) is 0 Å². The highest BCUT2D eigenvalue weighted by molar-refractivity contribution is 5.68. The first-order valence-electron chi connectivity index (χ1n) is 7.75. The number of aromatic nitrogens is 1. The summed E-state index contributed by atoms with van der Waals surface area (Å²) in [5.41, 5.74) is 6.23. The third-order valence-electron chi connectivity index (χ3n) is 3.52. The Morgan fingerprint density at radius 2 is 2.09 bits per heavy atom. The Balaban J connectivity index is 1.75. The number of nitrogens with zero attached hydrogens (tertiary/aromatic N) is 2. The molecule has 1 saturated heterocycles. The van der Waals surface area contributed by atoms with Crippen molar-refractivity contribution in [3.8, 4) is 0 Å². The van der Waals surface area contributed by atoms with E-state index in [0.717, 1.165) is 38.2 Å². The molecule has 22 heavy (non-hydrogen) atoms. The van der Waals surface area contributed by atoms with Gasteiger partial charge in [-0.15, -0.1) is 0 Å². The van der Waals surface area contributed by atoms with Crippen LogP contribution in [0.4, 0.5) is 10.6 Å². The van der Waals surface area contributed by atoms with Crippen molar-refractivity contribution in [1.82, 2.24) is 15.2 Å². The summed E-state index contributed by atoms with van der Waals surface area (Å²) in [5.74, 6) is 0.555. The normalized spacial score (nSPS) is 17.2. The molecular weight excluding hydrogens is 280 g/mol. The summed E-state index contributed by atoms with van der Waals surface area (Å²) in [7, 11) is 0. The highest BCUT2D eigenvalue weighted by Gasteiger charge is 2.23. The predicted octanol–water partition coefficient (Wildman–Crippen LogP) is 2.15. The fourth-order valence-corrected chi connectivity index (χ4v) is 2.52. The Bertz CT molecular complexity index is 505. The molecule has 1 aromatic rings. The quantitative estimate of drug-likeness (QED) is 0.894. The van der Waals surface area contributed by atoms with Gasteiger partial charge in [0.25, 0.3) is 0 Å². The molecule has 0 radical (unpaired) electrons. The third kappa shape index (κ3) is 5.52. The lowest BCUT2D eigenvalue weighted by Gasteiger charge is -2.32. The highest BCUT2D eigenvalue weighted by atomic mass is 16.6. The molecule has 1 amide bonds. The number of nitrogens with two attached hydrogens (primary N) is 1. The average Bonchev–Trinajstić information content (AvgIpc) is 2.39. The minimum absolute atomic E-state index is 0.180. The lowest BCUT2D eigenvalue weighted by molar-refractivity contribution is 0.0477. The highest BCUT2D eigenvalue weighted by Crippen LogP contribution is 2.14. The minimum Gasteiger partial charge on any atom is -0.444 e. The van der Waals surface area contributed by atoms with Crippen LogP contribution in [0.15, 0.2) is 18.2 Å². The first-order chi connectivity index (χ1) is 10.3. The number of alkyl carbamates (subject to hydrolysis) is 1. The SMILES string of the molecule is CC(C)(C)OC(=O)NC1CCN(Cc2cccc(N)n2)CC1. The Hall–Kier alpha value is -1.82. The topological polar surface area (TPSA) is 80.5 Å². The van der Waals surface area contributed by atoms with E-state index in [1.807, 2.05) is 32.9 Å². The summed E-state index contributed by atoms with van der Waals surface area (Å²) in [6.45, 7) is 8.26. The standard InChI is InChI=1S/C16H26N4O2/c1-16(2,3)22-15(21)19-12-7-9-20(10-8-12)11-13-5-4-6-14(17)18-13/h4-6,12H,7-11H2,1-3H3,(H2,17,18)(H,19,21). The smallest absolute Gasteiger partial charge is 0.407 e. The second-order valence-corrected chi connectivity index (χ2v) is 6.75. The van der Waals surface area contributed by atoms with Gasteiger partial charge < -0.3 is 15.8 Å². The van der Waals surface area contributed by atoms with Crippen molar-refractivity contribution in [2.75, 3.05) is 18.8 Å². The van der Waals surface area contributed by atoms with Gasteiger partial charge >= 0.3 is 6.09 Å². The van der Waals surface area contributed by atoms with E-state index < -0.39 is 5.60 Å². The molecule has 0 bridgehead atoms. The maximum atomic E-state index is 11.8. The maximum absolute atomic E-state index is 11.8. The van der Waals surface area contributed by atoms with Crippen molar-refractivity contribution in [2.45, 2.75) is 51.8 Å². The molecule has 3 N–H and O–H groups in total. The number of amides is 1. The lowest BCUT2D eigenvalue weighted by Crippen LogP contribution is -2.45. The maximum Gasteiger partial charge on any atom is 0.407 e. The molecular formula is C16H26N4O2. The lowest BCUT2D eigenvalue weighted by atomic mass is 10.1. The molecule has 0 saturated carbocycles. The molecule has 122 valence electrons. The van der Waals surface area contributed by atoms with E-state index in [9.17, 15) is 4.79 Å². The number of ether oxygens (including phenoxy) is 1. The zero-order valence-corrected chi connectivity index (χ0v) is 13.6. The van der Waals surface area contributed by atoms with Crippen LogP contribution in [0.1, 0.15) is 39.3 Å². The number of rotatable bonds is 3. The van der Waals surface area contributed by atoms with Gasteiger partial charge in [0.05, 0.1) is 5.69 Å². The molecule has 0 spiro atoms. The fraction of sp³-hybridized carbons (Fsp3) is 0.625. The molecule has 1 fully saturated rings. The number of nitrogen functional groups attached to an aromatic ring is 1. The third-order valence-corrected chi connectivity index (χ3v) is 3.52. The van der Waals surface area contributed by atoms with Crippen LogP contribution in [0.2, 0.25) is 0 Å². The number of likely N-dealkylation sites (tertiary alicyclic amines) is 1. The van der Waals surface area contributed by atoms with Crippen molar-refractivity contribution < 1.29 is 9.53 Å². The molecule has 0 unspecified atom stereocenters. The number of hydrogen-bond donors (Lipinski definition) is 2. The van der Waals surface area contributed by atoms with E-state index in [4.69, 9.17) is 10.5 Å². The van der Waals surface area contributed by atoms with Crippen molar-refractivity contribution >= 4 is 11.9 Å².